The van der Waals surface area contributed by atoms with Gasteiger partial charge in [0.1, 0.15) is 5.82 Å². The first kappa shape index (κ1) is 14.3. The smallest absolute Gasteiger partial charge is 0.257 e. The fourth-order valence-electron chi connectivity index (χ4n) is 1.57. The first-order valence-electron chi connectivity index (χ1n) is 6.31. The molecule has 0 unspecified atom stereocenters. The summed E-state index contributed by atoms with van der Waals surface area (Å²) in [6.45, 7) is 2.84. The van der Waals surface area contributed by atoms with Crippen LogP contribution in [0.15, 0.2) is 36.8 Å². The number of rotatable bonds is 5. The highest BCUT2D eigenvalue weighted by molar-refractivity contribution is 6.33. The first-order chi connectivity index (χ1) is 9.70. The Labute approximate surface area is 122 Å². The highest BCUT2D eigenvalue weighted by atomic mass is 35.5. The third kappa shape index (κ3) is 3.68. The minimum absolute atomic E-state index is 0.257. The largest absolute Gasteiger partial charge is 0.369 e. The quantitative estimate of drug-likeness (QED) is 0.887. The molecule has 0 radical (unpaired) electrons. The van der Waals surface area contributed by atoms with E-state index >= 15 is 0 Å². The van der Waals surface area contributed by atoms with Crippen molar-refractivity contribution in [1.82, 2.24) is 9.97 Å². The number of hydrogen-bond donors (Lipinski definition) is 2. The van der Waals surface area contributed by atoms with Gasteiger partial charge in [0.15, 0.2) is 0 Å². The Morgan fingerprint density at radius 1 is 1.35 bits per heavy atom. The lowest BCUT2D eigenvalue weighted by atomic mass is 10.2. The third-order valence-corrected chi connectivity index (χ3v) is 2.87. The number of anilines is 2. The second-order valence-electron chi connectivity index (χ2n) is 4.17. The molecular formula is C14H15ClN4O. The number of amides is 1. The van der Waals surface area contributed by atoms with Crippen LogP contribution < -0.4 is 10.6 Å². The SMILES string of the molecule is CCCNc1ncc(C(=O)Nc2ccncc2)cc1Cl. The van der Waals surface area contributed by atoms with Gasteiger partial charge in [-0.25, -0.2) is 4.98 Å². The van der Waals surface area contributed by atoms with E-state index in [4.69, 9.17) is 11.6 Å². The summed E-state index contributed by atoms with van der Waals surface area (Å²) in [7, 11) is 0. The fraction of sp³-hybridized carbons (Fsp3) is 0.214. The standard InChI is InChI=1S/C14H15ClN4O/c1-2-5-17-13-12(15)8-10(9-18-13)14(20)19-11-3-6-16-7-4-11/h3-4,6-9H,2,5H2,1H3,(H,17,18)(H,16,19,20). The Balaban J connectivity index is 2.09. The Kier molecular flexibility index (Phi) is 4.90. The van der Waals surface area contributed by atoms with Gasteiger partial charge in [-0.15, -0.1) is 0 Å². The number of aromatic nitrogens is 2. The van der Waals surface area contributed by atoms with Gasteiger partial charge in [0.05, 0.1) is 10.6 Å². The third-order valence-electron chi connectivity index (χ3n) is 2.58. The average molecular weight is 291 g/mol. The van der Waals surface area contributed by atoms with Crippen molar-refractivity contribution in [1.29, 1.82) is 0 Å². The molecule has 0 saturated heterocycles. The van der Waals surface area contributed by atoms with Gasteiger partial charge in [-0.2, -0.15) is 0 Å². The second-order valence-corrected chi connectivity index (χ2v) is 4.58. The molecule has 0 fully saturated rings. The van der Waals surface area contributed by atoms with E-state index in [9.17, 15) is 4.79 Å². The highest BCUT2D eigenvalue weighted by Gasteiger charge is 2.10. The summed E-state index contributed by atoms with van der Waals surface area (Å²) < 4.78 is 0. The molecule has 2 rings (SSSR count). The highest BCUT2D eigenvalue weighted by Crippen LogP contribution is 2.20. The second kappa shape index (κ2) is 6.86. The molecule has 0 atom stereocenters. The average Bonchev–Trinajstić information content (AvgIpc) is 2.47. The maximum absolute atomic E-state index is 12.0. The van der Waals surface area contributed by atoms with Crippen LogP contribution in [0, 0.1) is 0 Å². The van der Waals surface area contributed by atoms with Crippen molar-refractivity contribution in [3.63, 3.8) is 0 Å². The van der Waals surface area contributed by atoms with Crippen molar-refractivity contribution in [2.75, 3.05) is 17.2 Å². The molecule has 0 aliphatic carbocycles. The molecule has 0 aliphatic heterocycles. The predicted molar refractivity (Wildman–Crippen MR) is 80.2 cm³/mol. The Bertz CT molecular complexity index is 589. The first-order valence-corrected chi connectivity index (χ1v) is 6.69. The van der Waals surface area contributed by atoms with E-state index in [0.29, 0.717) is 22.1 Å². The van der Waals surface area contributed by atoms with Crippen LogP contribution in [0.25, 0.3) is 0 Å². The number of pyridine rings is 2. The normalized spacial score (nSPS) is 10.1. The molecule has 2 N–H and O–H groups in total. The number of carbonyl (C=O) groups excluding carboxylic acids is 1. The molecule has 2 aromatic heterocycles. The molecule has 20 heavy (non-hydrogen) atoms. The minimum Gasteiger partial charge on any atom is -0.369 e. The summed E-state index contributed by atoms with van der Waals surface area (Å²) >= 11 is 6.10. The van der Waals surface area contributed by atoms with E-state index in [1.54, 1.807) is 30.6 Å². The summed E-state index contributed by atoms with van der Waals surface area (Å²) in [5.74, 6) is 0.335. The van der Waals surface area contributed by atoms with E-state index in [1.165, 1.54) is 6.20 Å². The summed E-state index contributed by atoms with van der Waals surface area (Å²) in [4.78, 5) is 20.1. The molecule has 1 amide bonds. The van der Waals surface area contributed by atoms with Crippen LogP contribution in [0.4, 0.5) is 11.5 Å². The van der Waals surface area contributed by atoms with Gasteiger partial charge in [-0.05, 0) is 24.6 Å². The lowest BCUT2D eigenvalue weighted by Crippen LogP contribution is -2.13. The van der Waals surface area contributed by atoms with Gasteiger partial charge in [0.25, 0.3) is 5.91 Å². The van der Waals surface area contributed by atoms with Crippen LogP contribution in [-0.2, 0) is 0 Å². The Morgan fingerprint density at radius 3 is 2.75 bits per heavy atom. The number of nitrogens with zero attached hydrogens (tertiary/aromatic N) is 2. The maximum Gasteiger partial charge on any atom is 0.257 e. The van der Waals surface area contributed by atoms with E-state index in [2.05, 4.69) is 27.5 Å². The van der Waals surface area contributed by atoms with Crippen molar-refractivity contribution >= 4 is 29.0 Å². The zero-order valence-corrected chi connectivity index (χ0v) is 11.8. The summed E-state index contributed by atoms with van der Waals surface area (Å²) in [6.07, 6.45) is 5.69. The molecule has 0 spiro atoms. The summed E-state index contributed by atoms with van der Waals surface area (Å²) in [5.41, 5.74) is 1.09. The zero-order valence-electron chi connectivity index (χ0n) is 11.1. The lowest BCUT2D eigenvalue weighted by molar-refractivity contribution is 0.102. The molecule has 0 saturated carbocycles. The van der Waals surface area contributed by atoms with Crippen molar-refractivity contribution in [2.24, 2.45) is 0 Å². The van der Waals surface area contributed by atoms with E-state index in [1.807, 2.05) is 0 Å². The zero-order chi connectivity index (χ0) is 14.4. The van der Waals surface area contributed by atoms with Gasteiger partial charge in [0.2, 0.25) is 0 Å². The van der Waals surface area contributed by atoms with Gasteiger partial charge < -0.3 is 10.6 Å². The van der Waals surface area contributed by atoms with Crippen LogP contribution in [0.5, 0.6) is 0 Å². The monoisotopic (exact) mass is 290 g/mol. The minimum atomic E-state index is -0.257. The Morgan fingerprint density at radius 2 is 2.10 bits per heavy atom. The molecule has 0 aliphatic rings. The molecule has 0 bridgehead atoms. The molecule has 2 aromatic rings. The maximum atomic E-state index is 12.0. The van der Waals surface area contributed by atoms with Crippen molar-refractivity contribution in [3.05, 3.63) is 47.4 Å². The fourth-order valence-corrected chi connectivity index (χ4v) is 1.81. The number of carbonyl (C=O) groups is 1. The van der Waals surface area contributed by atoms with E-state index in [-0.39, 0.29) is 5.91 Å². The summed E-state index contributed by atoms with van der Waals surface area (Å²) in [6, 6.07) is 5.03. The number of halogens is 1. The van der Waals surface area contributed by atoms with Crippen LogP contribution in [0.3, 0.4) is 0 Å². The number of nitrogens with one attached hydrogen (secondary N) is 2. The molecule has 0 aromatic carbocycles. The van der Waals surface area contributed by atoms with Gasteiger partial charge in [0, 0.05) is 30.8 Å². The Hall–Kier alpha value is -2.14. The van der Waals surface area contributed by atoms with Crippen molar-refractivity contribution in [2.45, 2.75) is 13.3 Å². The lowest BCUT2D eigenvalue weighted by Gasteiger charge is -2.08. The molecule has 104 valence electrons. The van der Waals surface area contributed by atoms with Crippen LogP contribution in [0.1, 0.15) is 23.7 Å². The predicted octanol–water partition coefficient (Wildman–Crippen LogP) is 3.20. The van der Waals surface area contributed by atoms with Crippen molar-refractivity contribution in [3.8, 4) is 0 Å². The molecule has 5 nitrogen and oxygen atoms in total. The van der Waals surface area contributed by atoms with Crippen molar-refractivity contribution < 1.29 is 4.79 Å². The van der Waals surface area contributed by atoms with Crippen LogP contribution >= 0.6 is 11.6 Å². The van der Waals surface area contributed by atoms with Gasteiger partial charge >= 0.3 is 0 Å². The topological polar surface area (TPSA) is 66.9 Å². The van der Waals surface area contributed by atoms with Gasteiger partial charge in [-0.3, -0.25) is 9.78 Å². The summed E-state index contributed by atoms with van der Waals surface area (Å²) in [5, 5.41) is 6.28. The van der Waals surface area contributed by atoms with Crippen LogP contribution in [-0.4, -0.2) is 22.4 Å². The number of hydrogen-bond acceptors (Lipinski definition) is 4. The molecular weight excluding hydrogens is 276 g/mol. The molecule has 2 heterocycles. The van der Waals surface area contributed by atoms with E-state index in [0.717, 1.165) is 13.0 Å². The van der Waals surface area contributed by atoms with E-state index < -0.39 is 0 Å². The van der Waals surface area contributed by atoms with Gasteiger partial charge in [-0.1, -0.05) is 18.5 Å². The van der Waals surface area contributed by atoms with Crippen LogP contribution in [0.2, 0.25) is 5.02 Å². The molecule has 6 heteroatoms.